The van der Waals surface area contributed by atoms with Gasteiger partial charge in [0.25, 0.3) is 0 Å². The van der Waals surface area contributed by atoms with Crippen molar-refractivity contribution in [3.63, 3.8) is 0 Å². The number of hydrogen-bond acceptors (Lipinski definition) is 3. The summed E-state index contributed by atoms with van der Waals surface area (Å²) in [4.78, 5) is 12.3. The van der Waals surface area contributed by atoms with Crippen LogP contribution in [0.4, 0.5) is 5.69 Å². The summed E-state index contributed by atoms with van der Waals surface area (Å²) in [5, 5.41) is 7.17. The van der Waals surface area contributed by atoms with Gasteiger partial charge in [0.1, 0.15) is 0 Å². The van der Waals surface area contributed by atoms with Crippen molar-refractivity contribution < 1.29 is 4.79 Å². The van der Waals surface area contributed by atoms with Crippen LogP contribution in [0, 0.1) is 11.8 Å². The maximum atomic E-state index is 12.3. The molecule has 2 atom stereocenters. The molecule has 5 nitrogen and oxygen atoms in total. The third-order valence-corrected chi connectivity index (χ3v) is 4.20. The lowest BCUT2D eigenvalue weighted by Gasteiger charge is -2.17. The first-order valence-electron chi connectivity index (χ1n) is 7.39. The molecular weight excluding hydrogens is 264 g/mol. The van der Waals surface area contributed by atoms with Gasteiger partial charge < -0.3 is 11.1 Å². The first-order chi connectivity index (χ1) is 10.3. The molecule has 0 aliphatic heterocycles. The molecule has 21 heavy (non-hydrogen) atoms. The van der Waals surface area contributed by atoms with Crippen molar-refractivity contribution in [3.05, 3.63) is 42.7 Å². The Morgan fingerprint density at radius 1 is 1.33 bits per heavy atom. The number of benzene rings is 1. The largest absolute Gasteiger partial charge is 0.330 e. The van der Waals surface area contributed by atoms with Crippen LogP contribution in [0.15, 0.2) is 42.7 Å². The van der Waals surface area contributed by atoms with Gasteiger partial charge in [-0.15, -0.1) is 0 Å². The minimum Gasteiger partial charge on any atom is -0.330 e. The van der Waals surface area contributed by atoms with Crippen molar-refractivity contribution in [1.29, 1.82) is 0 Å². The summed E-state index contributed by atoms with van der Waals surface area (Å²) in [6.45, 7) is 0.594. The third kappa shape index (κ3) is 2.97. The number of nitrogens with two attached hydrogens (primary N) is 1. The van der Waals surface area contributed by atoms with Crippen LogP contribution in [0.2, 0.25) is 0 Å². The Balaban J connectivity index is 1.66. The molecule has 0 bridgehead atoms. The van der Waals surface area contributed by atoms with Gasteiger partial charge in [-0.25, -0.2) is 4.68 Å². The molecule has 0 spiro atoms. The monoisotopic (exact) mass is 284 g/mol. The average Bonchev–Trinajstić information content (AvgIpc) is 3.19. The molecule has 1 aromatic heterocycles. The topological polar surface area (TPSA) is 72.9 Å². The van der Waals surface area contributed by atoms with Gasteiger partial charge in [0.2, 0.25) is 5.91 Å². The van der Waals surface area contributed by atoms with E-state index in [-0.39, 0.29) is 11.8 Å². The van der Waals surface area contributed by atoms with E-state index in [4.69, 9.17) is 5.73 Å². The number of carbonyl (C=O) groups excluding carboxylic acids is 1. The first-order valence-corrected chi connectivity index (χ1v) is 7.39. The number of nitrogens with zero attached hydrogens (tertiary/aromatic N) is 2. The molecule has 2 aromatic rings. The Morgan fingerprint density at radius 2 is 2.14 bits per heavy atom. The third-order valence-electron chi connectivity index (χ3n) is 4.20. The number of carbonyl (C=O) groups is 1. The van der Waals surface area contributed by atoms with Gasteiger partial charge in [0, 0.05) is 24.0 Å². The van der Waals surface area contributed by atoms with E-state index in [2.05, 4.69) is 10.4 Å². The Hall–Kier alpha value is -2.14. The smallest absolute Gasteiger partial charge is 0.227 e. The highest BCUT2D eigenvalue weighted by Crippen LogP contribution is 2.31. The molecule has 0 unspecified atom stereocenters. The Morgan fingerprint density at radius 3 is 2.81 bits per heavy atom. The number of hydrogen-bond donors (Lipinski definition) is 2. The highest BCUT2D eigenvalue weighted by molar-refractivity contribution is 5.93. The Labute approximate surface area is 124 Å². The van der Waals surface area contributed by atoms with E-state index >= 15 is 0 Å². The van der Waals surface area contributed by atoms with E-state index in [9.17, 15) is 4.79 Å². The summed E-state index contributed by atoms with van der Waals surface area (Å²) in [7, 11) is 0. The van der Waals surface area contributed by atoms with Crippen molar-refractivity contribution >= 4 is 11.6 Å². The van der Waals surface area contributed by atoms with Crippen LogP contribution in [0.5, 0.6) is 0 Å². The fourth-order valence-electron chi connectivity index (χ4n) is 3.02. The molecule has 1 heterocycles. The standard InChI is InChI=1S/C16H20N4O/c17-11-12-3-1-4-15(12)16(21)19-13-5-7-14(8-6-13)20-10-2-9-18-20/h2,5-10,12,15H,1,3-4,11,17H2,(H,19,21)/t12-,15-/m1/s1. The van der Waals surface area contributed by atoms with Gasteiger partial charge in [-0.05, 0) is 55.6 Å². The number of rotatable bonds is 4. The molecule has 1 amide bonds. The van der Waals surface area contributed by atoms with Crippen molar-refractivity contribution in [2.24, 2.45) is 17.6 Å². The van der Waals surface area contributed by atoms with Gasteiger partial charge in [-0.3, -0.25) is 4.79 Å². The van der Waals surface area contributed by atoms with Crippen LogP contribution in [-0.2, 0) is 4.79 Å². The second-order valence-corrected chi connectivity index (χ2v) is 5.52. The van der Waals surface area contributed by atoms with Crippen molar-refractivity contribution in [2.75, 3.05) is 11.9 Å². The number of aromatic nitrogens is 2. The molecule has 3 rings (SSSR count). The highest BCUT2D eigenvalue weighted by Gasteiger charge is 2.31. The Bertz CT molecular complexity index is 591. The summed E-state index contributed by atoms with van der Waals surface area (Å²) in [6, 6.07) is 9.57. The molecule has 0 radical (unpaired) electrons. The number of anilines is 1. The second kappa shape index (κ2) is 6.10. The zero-order valence-corrected chi connectivity index (χ0v) is 11.9. The molecule has 1 aliphatic carbocycles. The van der Waals surface area contributed by atoms with E-state index in [1.54, 1.807) is 10.9 Å². The first kappa shape index (κ1) is 13.8. The van der Waals surface area contributed by atoms with Crippen LogP contribution in [-0.4, -0.2) is 22.2 Å². The zero-order chi connectivity index (χ0) is 14.7. The normalized spacial score (nSPS) is 21.4. The second-order valence-electron chi connectivity index (χ2n) is 5.52. The van der Waals surface area contributed by atoms with E-state index in [0.717, 1.165) is 30.6 Å². The molecule has 3 N–H and O–H groups in total. The zero-order valence-electron chi connectivity index (χ0n) is 11.9. The van der Waals surface area contributed by atoms with E-state index in [0.29, 0.717) is 12.5 Å². The van der Waals surface area contributed by atoms with Gasteiger partial charge in [-0.2, -0.15) is 5.10 Å². The van der Waals surface area contributed by atoms with Crippen LogP contribution in [0.25, 0.3) is 5.69 Å². The van der Waals surface area contributed by atoms with E-state index < -0.39 is 0 Å². The van der Waals surface area contributed by atoms with E-state index in [1.165, 1.54) is 0 Å². The highest BCUT2D eigenvalue weighted by atomic mass is 16.1. The molecule has 1 aromatic carbocycles. The lowest BCUT2D eigenvalue weighted by atomic mass is 9.95. The summed E-state index contributed by atoms with van der Waals surface area (Å²) < 4.78 is 1.78. The summed E-state index contributed by atoms with van der Waals surface area (Å²) in [6.07, 6.45) is 6.73. The van der Waals surface area contributed by atoms with Crippen molar-refractivity contribution in [3.8, 4) is 5.69 Å². The quantitative estimate of drug-likeness (QED) is 0.904. The molecule has 110 valence electrons. The van der Waals surface area contributed by atoms with Crippen LogP contribution >= 0.6 is 0 Å². The van der Waals surface area contributed by atoms with Crippen LogP contribution < -0.4 is 11.1 Å². The molecular formula is C16H20N4O. The molecule has 1 saturated carbocycles. The van der Waals surface area contributed by atoms with Crippen molar-refractivity contribution in [1.82, 2.24) is 9.78 Å². The molecule has 1 aliphatic rings. The minimum atomic E-state index is 0.0563. The molecule has 1 fully saturated rings. The number of amides is 1. The summed E-state index contributed by atoms with van der Waals surface area (Å²) in [5.74, 6) is 0.476. The molecule has 5 heteroatoms. The summed E-state index contributed by atoms with van der Waals surface area (Å²) >= 11 is 0. The summed E-state index contributed by atoms with van der Waals surface area (Å²) in [5.41, 5.74) is 7.53. The van der Waals surface area contributed by atoms with Gasteiger partial charge in [0.05, 0.1) is 5.69 Å². The maximum absolute atomic E-state index is 12.3. The van der Waals surface area contributed by atoms with E-state index in [1.807, 2.05) is 36.5 Å². The SMILES string of the molecule is NC[C@H]1CCC[C@H]1C(=O)Nc1ccc(-n2cccn2)cc1. The lowest BCUT2D eigenvalue weighted by molar-refractivity contribution is -0.120. The van der Waals surface area contributed by atoms with Crippen LogP contribution in [0.1, 0.15) is 19.3 Å². The average molecular weight is 284 g/mol. The Kier molecular flexibility index (Phi) is 4.01. The predicted molar refractivity (Wildman–Crippen MR) is 82.1 cm³/mol. The fourth-order valence-corrected chi connectivity index (χ4v) is 3.02. The van der Waals surface area contributed by atoms with Crippen LogP contribution in [0.3, 0.4) is 0 Å². The van der Waals surface area contributed by atoms with Gasteiger partial charge >= 0.3 is 0 Å². The maximum Gasteiger partial charge on any atom is 0.227 e. The molecule has 0 saturated heterocycles. The minimum absolute atomic E-state index is 0.0563. The lowest BCUT2D eigenvalue weighted by Crippen LogP contribution is -2.29. The van der Waals surface area contributed by atoms with Gasteiger partial charge in [0.15, 0.2) is 0 Å². The number of nitrogens with one attached hydrogen (secondary N) is 1. The van der Waals surface area contributed by atoms with Crippen molar-refractivity contribution in [2.45, 2.75) is 19.3 Å². The predicted octanol–water partition coefficient (Wildman–Crippen LogP) is 2.19. The fraction of sp³-hybridized carbons (Fsp3) is 0.375. The van der Waals surface area contributed by atoms with Gasteiger partial charge in [-0.1, -0.05) is 6.42 Å².